The Kier molecular flexibility index (Phi) is 3.76. The summed E-state index contributed by atoms with van der Waals surface area (Å²) in [5, 5.41) is 4.13. The number of benzene rings is 1. The Morgan fingerprint density at radius 3 is 2.59 bits per heavy atom. The topological polar surface area (TPSA) is 59.8 Å². The lowest BCUT2D eigenvalue weighted by Gasteiger charge is -2.09. The van der Waals surface area contributed by atoms with Crippen molar-refractivity contribution in [3.05, 3.63) is 46.2 Å². The second-order valence-corrected chi connectivity index (χ2v) is 5.64. The second kappa shape index (κ2) is 5.59. The monoisotopic (exact) mass is 334 g/mol. The first kappa shape index (κ1) is 14.8. The number of para-hydroxylation sites is 1. The number of ketones is 1. The molecule has 0 aliphatic rings. The number of carbonyl (C=O) groups is 1. The molecule has 1 aromatic carbocycles. The van der Waals surface area contributed by atoms with E-state index in [-0.39, 0.29) is 5.78 Å². The van der Waals surface area contributed by atoms with Crippen LogP contribution in [0, 0.1) is 0 Å². The smallest absolute Gasteiger partial charge is 0.208 e. The Hall–Kier alpha value is -2.11. The molecule has 0 bridgehead atoms. The second-order valence-electron chi connectivity index (χ2n) is 4.83. The SMILES string of the molecule is CC(=O)c1cc2nc(Nc3c(Cl)cccc3Cl)n(C)c2cn1. The van der Waals surface area contributed by atoms with E-state index in [9.17, 15) is 4.79 Å². The minimum absolute atomic E-state index is 0.101. The van der Waals surface area contributed by atoms with Gasteiger partial charge in [0.05, 0.1) is 33.0 Å². The first-order valence-corrected chi connectivity index (χ1v) is 7.27. The predicted octanol–water partition coefficient (Wildman–Crippen LogP) is 4.22. The van der Waals surface area contributed by atoms with Crippen LogP contribution in [0.2, 0.25) is 10.0 Å². The van der Waals surface area contributed by atoms with Gasteiger partial charge in [-0.1, -0.05) is 29.3 Å². The van der Waals surface area contributed by atoms with Gasteiger partial charge < -0.3 is 9.88 Å². The predicted molar refractivity (Wildman–Crippen MR) is 88.3 cm³/mol. The summed E-state index contributed by atoms with van der Waals surface area (Å²) in [6.45, 7) is 1.47. The molecular formula is C15H12Cl2N4O. The largest absolute Gasteiger partial charge is 0.323 e. The number of hydrogen-bond acceptors (Lipinski definition) is 4. The first-order valence-electron chi connectivity index (χ1n) is 6.52. The van der Waals surface area contributed by atoms with E-state index < -0.39 is 0 Å². The van der Waals surface area contributed by atoms with E-state index >= 15 is 0 Å². The molecule has 0 spiro atoms. The standard InChI is InChI=1S/C15H12Cl2N4O/c1-8(22)11-6-12-13(7-18-11)21(2)15(19-12)20-14-9(16)4-3-5-10(14)17/h3-7H,1-2H3,(H,19,20). The summed E-state index contributed by atoms with van der Waals surface area (Å²) < 4.78 is 1.83. The lowest BCUT2D eigenvalue weighted by atomic mass is 10.2. The summed E-state index contributed by atoms with van der Waals surface area (Å²) in [4.78, 5) is 20.0. The van der Waals surface area contributed by atoms with E-state index in [1.165, 1.54) is 6.92 Å². The molecule has 0 atom stereocenters. The van der Waals surface area contributed by atoms with E-state index in [2.05, 4.69) is 15.3 Å². The van der Waals surface area contributed by atoms with Gasteiger partial charge in [-0.3, -0.25) is 9.78 Å². The highest BCUT2D eigenvalue weighted by molar-refractivity contribution is 6.39. The maximum absolute atomic E-state index is 11.4. The van der Waals surface area contributed by atoms with E-state index in [4.69, 9.17) is 23.2 Å². The molecule has 1 N–H and O–H groups in total. The molecule has 0 aliphatic carbocycles. The lowest BCUT2D eigenvalue weighted by Crippen LogP contribution is -2.00. The molecule has 5 nitrogen and oxygen atoms in total. The van der Waals surface area contributed by atoms with Gasteiger partial charge in [0, 0.05) is 14.0 Å². The Morgan fingerprint density at radius 1 is 1.27 bits per heavy atom. The number of anilines is 2. The highest BCUT2D eigenvalue weighted by atomic mass is 35.5. The van der Waals surface area contributed by atoms with Crippen molar-refractivity contribution in [2.24, 2.45) is 7.05 Å². The number of halogens is 2. The summed E-state index contributed by atoms with van der Waals surface area (Å²) in [7, 11) is 1.84. The normalized spacial score (nSPS) is 10.9. The van der Waals surface area contributed by atoms with Crippen LogP contribution in [0.5, 0.6) is 0 Å². The highest BCUT2D eigenvalue weighted by Gasteiger charge is 2.13. The van der Waals surface area contributed by atoms with Crippen LogP contribution in [-0.2, 0) is 7.05 Å². The van der Waals surface area contributed by atoms with Crippen LogP contribution in [0.25, 0.3) is 11.0 Å². The molecule has 22 heavy (non-hydrogen) atoms. The number of imidazole rings is 1. The van der Waals surface area contributed by atoms with Gasteiger partial charge in [-0.25, -0.2) is 4.98 Å². The number of rotatable bonds is 3. The van der Waals surface area contributed by atoms with Crippen LogP contribution in [0.15, 0.2) is 30.5 Å². The molecule has 3 aromatic rings. The molecule has 0 radical (unpaired) electrons. The van der Waals surface area contributed by atoms with Crippen molar-refractivity contribution in [3.63, 3.8) is 0 Å². The van der Waals surface area contributed by atoms with Crippen molar-refractivity contribution < 1.29 is 4.79 Å². The van der Waals surface area contributed by atoms with Crippen molar-refractivity contribution in [3.8, 4) is 0 Å². The van der Waals surface area contributed by atoms with Gasteiger partial charge in [-0.2, -0.15) is 0 Å². The maximum Gasteiger partial charge on any atom is 0.208 e. The molecule has 2 aromatic heterocycles. The summed E-state index contributed by atoms with van der Waals surface area (Å²) >= 11 is 12.3. The van der Waals surface area contributed by atoms with Crippen molar-refractivity contribution >= 4 is 51.7 Å². The Morgan fingerprint density at radius 2 is 1.95 bits per heavy atom. The third-order valence-electron chi connectivity index (χ3n) is 3.33. The zero-order chi connectivity index (χ0) is 15.9. The van der Waals surface area contributed by atoms with E-state index in [0.29, 0.717) is 32.9 Å². The first-order chi connectivity index (χ1) is 10.5. The average molecular weight is 335 g/mol. The van der Waals surface area contributed by atoms with Gasteiger partial charge in [-0.05, 0) is 18.2 Å². The summed E-state index contributed by atoms with van der Waals surface area (Å²) in [5.41, 5.74) is 2.45. The van der Waals surface area contributed by atoms with Crippen LogP contribution in [0.3, 0.4) is 0 Å². The zero-order valence-corrected chi connectivity index (χ0v) is 13.4. The Labute approximate surface area is 136 Å². The van der Waals surface area contributed by atoms with Gasteiger partial charge in [0.15, 0.2) is 5.78 Å². The minimum atomic E-state index is -0.101. The highest BCUT2D eigenvalue weighted by Crippen LogP contribution is 2.32. The van der Waals surface area contributed by atoms with Crippen molar-refractivity contribution in [2.75, 3.05) is 5.32 Å². The fourth-order valence-electron chi connectivity index (χ4n) is 2.12. The van der Waals surface area contributed by atoms with E-state index in [1.807, 2.05) is 11.6 Å². The number of nitrogens with zero attached hydrogens (tertiary/aromatic N) is 3. The van der Waals surface area contributed by atoms with Crippen molar-refractivity contribution in [2.45, 2.75) is 6.92 Å². The molecule has 0 fully saturated rings. The van der Waals surface area contributed by atoms with Crippen molar-refractivity contribution in [1.29, 1.82) is 0 Å². The van der Waals surface area contributed by atoms with Crippen molar-refractivity contribution in [1.82, 2.24) is 14.5 Å². The number of Topliss-reactive ketones (excluding diaryl/α,β-unsaturated/α-hetero) is 1. The summed E-state index contributed by atoms with van der Waals surface area (Å²) in [6, 6.07) is 6.92. The third kappa shape index (κ3) is 2.53. The van der Waals surface area contributed by atoms with Gasteiger partial charge in [0.25, 0.3) is 0 Å². The molecule has 7 heteroatoms. The molecule has 2 heterocycles. The number of pyridine rings is 1. The quantitative estimate of drug-likeness (QED) is 0.728. The molecule has 0 saturated carbocycles. The Bertz CT molecular complexity index is 868. The maximum atomic E-state index is 11.4. The van der Waals surface area contributed by atoms with Gasteiger partial charge in [-0.15, -0.1) is 0 Å². The van der Waals surface area contributed by atoms with Crippen LogP contribution in [0.4, 0.5) is 11.6 Å². The molecule has 0 unspecified atom stereocenters. The van der Waals surface area contributed by atoms with Crippen LogP contribution < -0.4 is 5.32 Å². The number of fused-ring (bicyclic) bond motifs is 1. The number of nitrogens with one attached hydrogen (secondary N) is 1. The fraction of sp³-hybridized carbons (Fsp3) is 0.133. The molecular weight excluding hydrogens is 323 g/mol. The van der Waals surface area contributed by atoms with Crippen LogP contribution in [-0.4, -0.2) is 20.3 Å². The van der Waals surface area contributed by atoms with Crippen LogP contribution in [0.1, 0.15) is 17.4 Å². The fourth-order valence-corrected chi connectivity index (χ4v) is 2.61. The lowest BCUT2D eigenvalue weighted by molar-refractivity contribution is 0.101. The average Bonchev–Trinajstić information content (AvgIpc) is 2.79. The number of hydrogen-bond donors (Lipinski definition) is 1. The third-order valence-corrected chi connectivity index (χ3v) is 3.96. The van der Waals surface area contributed by atoms with Gasteiger partial charge >= 0.3 is 0 Å². The van der Waals surface area contributed by atoms with Gasteiger partial charge in [0.1, 0.15) is 5.69 Å². The Balaban J connectivity index is 2.08. The zero-order valence-electron chi connectivity index (χ0n) is 11.9. The summed E-state index contributed by atoms with van der Waals surface area (Å²) in [5.74, 6) is 0.462. The number of carbonyl (C=O) groups excluding carboxylic acids is 1. The minimum Gasteiger partial charge on any atom is -0.323 e. The molecule has 0 saturated heterocycles. The summed E-state index contributed by atoms with van der Waals surface area (Å²) in [6.07, 6.45) is 1.62. The van der Waals surface area contributed by atoms with E-state index in [0.717, 1.165) is 5.52 Å². The molecule has 0 aliphatic heterocycles. The molecule has 112 valence electrons. The molecule has 3 rings (SSSR count). The van der Waals surface area contributed by atoms with Crippen LogP contribution >= 0.6 is 23.2 Å². The van der Waals surface area contributed by atoms with E-state index in [1.54, 1.807) is 30.5 Å². The molecule has 0 amide bonds. The van der Waals surface area contributed by atoms with Gasteiger partial charge in [0.2, 0.25) is 5.95 Å². The number of aromatic nitrogens is 3. The number of aryl methyl sites for hydroxylation is 1.